The van der Waals surface area contributed by atoms with Crippen LogP contribution in [0.5, 0.6) is 0 Å². The molecular formula is C18H24N2O4S. The van der Waals surface area contributed by atoms with E-state index in [1.54, 1.807) is 13.0 Å². The van der Waals surface area contributed by atoms with Gasteiger partial charge in [-0.3, -0.25) is 4.79 Å². The van der Waals surface area contributed by atoms with Gasteiger partial charge >= 0.3 is 0 Å². The third-order valence-corrected chi connectivity index (χ3v) is 7.05. The second kappa shape index (κ2) is 5.28. The third kappa shape index (κ3) is 2.98. The molecule has 0 aromatic heterocycles. The number of primary sulfonamides is 1. The molecule has 4 aliphatic carbocycles. The summed E-state index contributed by atoms with van der Waals surface area (Å²) in [6, 6.07) is 4.65. The van der Waals surface area contributed by atoms with Gasteiger partial charge < -0.3 is 10.4 Å². The SMILES string of the molecule is Cc1ccc(C(=O)NC23CC4CC(CC(O)(C4)C2)C3)c(S(N)(=O)=O)c1. The molecule has 2 unspecified atom stereocenters. The first-order valence-corrected chi connectivity index (χ1v) is 10.3. The van der Waals surface area contributed by atoms with Crippen molar-refractivity contribution in [1.82, 2.24) is 5.32 Å². The fourth-order valence-corrected chi connectivity index (χ4v) is 6.54. The Morgan fingerprint density at radius 1 is 1.24 bits per heavy atom. The Labute approximate surface area is 147 Å². The molecule has 4 saturated carbocycles. The Hall–Kier alpha value is -1.44. The quantitative estimate of drug-likeness (QED) is 0.754. The standard InChI is InChI=1S/C18H24N2O4S/c1-11-2-3-14(15(4-11)25(19,23)24)16(21)20-17-6-12-5-13(7-17)9-18(22,8-12)10-17/h2-4,12-13,22H,5-10H2,1H3,(H,20,21)(H2,19,23,24). The predicted octanol–water partition coefficient (Wildman–Crippen LogP) is 1.46. The summed E-state index contributed by atoms with van der Waals surface area (Å²) in [5.74, 6) is 0.444. The lowest BCUT2D eigenvalue weighted by molar-refractivity contribution is -0.139. The fourth-order valence-electron chi connectivity index (χ4n) is 5.72. The molecule has 4 N–H and O–H groups in total. The van der Waals surface area contributed by atoms with Crippen LogP contribution in [0.3, 0.4) is 0 Å². The molecule has 0 radical (unpaired) electrons. The van der Waals surface area contributed by atoms with Crippen LogP contribution in [0, 0.1) is 18.8 Å². The summed E-state index contributed by atoms with van der Waals surface area (Å²) in [7, 11) is -3.99. The lowest BCUT2D eigenvalue weighted by atomic mass is 9.51. The number of nitrogens with two attached hydrogens (primary N) is 1. The maximum Gasteiger partial charge on any atom is 0.253 e. The first kappa shape index (κ1) is 17.0. The van der Waals surface area contributed by atoms with Crippen molar-refractivity contribution in [3.63, 3.8) is 0 Å². The zero-order chi connectivity index (χ0) is 18.0. The highest BCUT2D eigenvalue weighted by atomic mass is 32.2. The predicted molar refractivity (Wildman–Crippen MR) is 92.4 cm³/mol. The van der Waals surface area contributed by atoms with Crippen LogP contribution in [0.1, 0.15) is 54.4 Å². The number of carbonyl (C=O) groups is 1. The van der Waals surface area contributed by atoms with Crippen LogP contribution in [-0.4, -0.2) is 30.6 Å². The molecule has 1 aromatic rings. The monoisotopic (exact) mass is 364 g/mol. The summed E-state index contributed by atoms with van der Waals surface area (Å²) in [6.07, 6.45) is 5.01. The Morgan fingerprint density at radius 2 is 1.88 bits per heavy atom. The molecule has 4 fully saturated rings. The number of hydrogen-bond donors (Lipinski definition) is 3. The molecular weight excluding hydrogens is 340 g/mol. The summed E-state index contributed by atoms with van der Waals surface area (Å²) >= 11 is 0. The molecule has 0 spiro atoms. The van der Waals surface area contributed by atoms with Crippen molar-refractivity contribution in [3.8, 4) is 0 Å². The van der Waals surface area contributed by atoms with Gasteiger partial charge in [-0.1, -0.05) is 6.07 Å². The van der Waals surface area contributed by atoms with Gasteiger partial charge in [0, 0.05) is 5.54 Å². The van der Waals surface area contributed by atoms with E-state index in [1.165, 1.54) is 12.1 Å². The highest BCUT2D eigenvalue weighted by Gasteiger charge is 2.57. The highest BCUT2D eigenvalue weighted by Crippen LogP contribution is 2.57. The van der Waals surface area contributed by atoms with Gasteiger partial charge in [-0.25, -0.2) is 13.6 Å². The van der Waals surface area contributed by atoms with E-state index in [0.29, 0.717) is 18.3 Å². The van der Waals surface area contributed by atoms with E-state index in [1.807, 2.05) is 0 Å². The summed E-state index contributed by atoms with van der Waals surface area (Å²) < 4.78 is 23.8. The van der Waals surface area contributed by atoms with Gasteiger partial charge in [0.1, 0.15) is 0 Å². The summed E-state index contributed by atoms with van der Waals surface area (Å²) in [4.78, 5) is 12.8. The van der Waals surface area contributed by atoms with E-state index in [9.17, 15) is 18.3 Å². The topological polar surface area (TPSA) is 109 Å². The number of amides is 1. The van der Waals surface area contributed by atoms with Crippen molar-refractivity contribution in [2.24, 2.45) is 17.0 Å². The molecule has 1 aromatic carbocycles. The molecule has 6 nitrogen and oxygen atoms in total. The van der Waals surface area contributed by atoms with E-state index >= 15 is 0 Å². The number of sulfonamides is 1. The molecule has 4 bridgehead atoms. The number of carbonyl (C=O) groups excluding carboxylic acids is 1. The summed E-state index contributed by atoms with van der Waals surface area (Å²) in [6.45, 7) is 1.75. The molecule has 7 heteroatoms. The number of hydrogen-bond acceptors (Lipinski definition) is 4. The van der Waals surface area contributed by atoms with Crippen LogP contribution in [-0.2, 0) is 10.0 Å². The second-order valence-corrected chi connectivity index (χ2v) is 9.99. The van der Waals surface area contributed by atoms with Crippen LogP contribution in [0.2, 0.25) is 0 Å². The molecule has 2 atom stereocenters. The fraction of sp³-hybridized carbons (Fsp3) is 0.611. The maximum atomic E-state index is 12.9. The minimum absolute atomic E-state index is 0.0795. The van der Waals surface area contributed by atoms with E-state index in [-0.39, 0.29) is 10.5 Å². The van der Waals surface area contributed by atoms with Crippen LogP contribution in [0.15, 0.2) is 23.1 Å². The Bertz CT molecular complexity index is 835. The number of aryl methyl sites for hydroxylation is 1. The van der Waals surface area contributed by atoms with Crippen molar-refractivity contribution in [2.45, 2.75) is 61.5 Å². The lowest BCUT2D eigenvalue weighted by Crippen LogP contribution is -2.65. The van der Waals surface area contributed by atoms with E-state index in [0.717, 1.165) is 37.7 Å². The molecule has 1 amide bonds. The number of benzene rings is 1. The Kier molecular flexibility index (Phi) is 3.59. The zero-order valence-corrected chi connectivity index (χ0v) is 15.1. The summed E-state index contributed by atoms with van der Waals surface area (Å²) in [5.41, 5.74) is -0.315. The van der Waals surface area contributed by atoms with Crippen LogP contribution >= 0.6 is 0 Å². The van der Waals surface area contributed by atoms with Crippen molar-refractivity contribution in [3.05, 3.63) is 29.3 Å². The molecule has 136 valence electrons. The van der Waals surface area contributed by atoms with Gasteiger partial charge in [0.15, 0.2) is 0 Å². The van der Waals surface area contributed by atoms with Crippen molar-refractivity contribution >= 4 is 15.9 Å². The smallest absolute Gasteiger partial charge is 0.253 e. The molecule has 0 aliphatic heterocycles. The largest absolute Gasteiger partial charge is 0.390 e. The molecule has 4 aliphatic rings. The number of rotatable bonds is 3. The van der Waals surface area contributed by atoms with Gasteiger partial charge in [-0.05, 0) is 75.0 Å². The zero-order valence-electron chi connectivity index (χ0n) is 14.3. The average molecular weight is 364 g/mol. The number of nitrogens with one attached hydrogen (secondary N) is 1. The lowest BCUT2D eigenvalue weighted by Gasteiger charge is -2.60. The van der Waals surface area contributed by atoms with E-state index < -0.39 is 27.1 Å². The number of aliphatic hydroxyl groups is 1. The second-order valence-electron chi connectivity index (χ2n) is 8.46. The van der Waals surface area contributed by atoms with Crippen LogP contribution in [0.25, 0.3) is 0 Å². The normalized spacial score (nSPS) is 36.4. The van der Waals surface area contributed by atoms with Gasteiger partial charge in [0.25, 0.3) is 5.91 Å². The summed E-state index contributed by atoms with van der Waals surface area (Å²) in [5, 5.41) is 19.2. The van der Waals surface area contributed by atoms with E-state index in [4.69, 9.17) is 5.14 Å². The molecule has 5 rings (SSSR count). The highest BCUT2D eigenvalue weighted by molar-refractivity contribution is 7.89. The molecule has 25 heavy (non-hydrogen) atoms. The first-order valence-electron chi connectivity index (χ1n) is 8.76. The van der Waals surface area contributed by atoms with Crippen molar-refractivity contribution in [1.29, 1.82) is 0 Å². The third-order valence-electron chi connectivity index (χ3n) is 6.10. The Morgan fingerprint density at radius 3 is 2.44 bits per heavy atom. The van der Waals surface area contributed by atoms with Crippen molar-refractivity contribution in [2.75, 3.05) is 0 Å². The molecule has 0 heterocycles. The van der Waals surface area contributed by atoms with Crippen LogP contribution in [0.4, 0.5) is 0 Å². The van der Waals surface area contributed by atoms with Crippen LogP contribution < -0.4 is 10.5 Å². The molecule has 0 saturated heterocycles. The minimum atomic E-state index is -3.99. The van der Waals surface area contributed by atoms with Gasteiger partial charge in [-0.15, -0.1) is 0 Å². The van der Waals surface area contributed by atoms with E-state index in [2.05, 4.69) is 5.32 Å². The average Bonchev–Trinajstić information content (AvgIpc) is 2.42. The Balaban J connectivity index is 1.66. The maximum absolute atomic E-state index is 12.9. The minimum Gasteiger partial charge on any atom is -0.390 e. The first-order chi connectivity index (χ1) is 11.6. The van der Waals surface area contributed by atoms with Crippen molar-refractivity contribution < 1.29 is 18.3 Å². The van der Waals surface area contributed by atoms with Gasteiger partial charge in [-0.2, -0.15) is 0 Å². The van der Waals surface area contributed by atoms with Gasteiger partial charge in [0.05, 0.1) is 16.1 Å². The van der Waals surface area contributed by atoms with Gasteiger partial charge in [0.2, 0.25) is 10.0 Å².